The van der Waals surface area contributed by atoms with Gasteiger partial charge in [-0.1, -0.05) is 43.4 Å². The Morgan fingerprint density at radius 3 is 3.05 bits per heavy atom. The molecule has 2 nitrogen and oxygen atoms in total. The average molecular weight is 276 g/mol. The number of rotatable bonds is 1. The Hall–Kier alpha value is -1.80. The first kappa shape index (κ1) is 11.8. The Bertz CT molecular complexity index is 795. The molecule has 5 rings (SSSR count). The molecule has 0 radical (unpaired) electrons. The zero-order chi connectivity index (χ0) is 14.0. The molecule has 2 unspecified atom stereocenters. The van der Waals surface area contributed by atoms with Gasteiger partial charge >= 0.3 is 0 Å². The summed E-state index contributed by atoms with van der Waals surface area (Å²) in [4.78, 5) is 2.67. The van der Waals surface area contributed by atoms with Crippen LogP contribution >= 0.6 is 0 Å². The molecule has 0 saturated heterocycles. The van der Waals surface area contributed by atoms with Crippen molar-refractivity contribution in [1.82, 2.24) is 9.47 Å². The summed E-state index contributed by atoms with van der Waals surface area (Å²) in [6.45, 7) is 4.61. The van der Waals surface area contributed by atoms with Crippen LogP contribution < -0.4 is 0 Å². The number of hydrogen-bond acceptors (Lipinski definition) is 1. The number of hydrogen-bond donors (Lipinski definition) is 0. The van der Waals surface area contributed by atoms with Crippen molar-refractivity contribution in [3.63, 3.8) is 0 Å². The fourth-order valence-corrected chi connectivity index (χ4v) is 4.71. The molecule has 2 heteroatoms. The zero-order valence-corrected chi connectivity index (χ0v) is 12.4. The Balaban J connectivity index is 1.89. The van der Waals surface area contributed by atoms with Crippen molar-refractivity contribution < 1.29 is 0 Å². The maximum atomic E-state index is 2.67. The lowest BCUT2D eigenvalue weighted by Crippen LogP contribution is -2.47. The summed E-state index contributed by atoms with van der Waals surface area (Å²) >= 11 is 0. The van der Waals surface area contributed by atoms with E-state index in [-0.39, 0.29) is 5.41 Å². The van der Waals surface area contributed by atoms with Gasteiger partial charge < -0.3 is 4.57 Å². The smallest absolute Gasteiger partial charge is 0.0637 e. The average Bonchev–Trinajstić information content (AvgIpc) is 2.88. The van der Waals surface area contributed by atoms with Crippen LogP contribution in [0.2, 0.25) is 0 Å². The van der Waals surface area contributed by atoms with E-state index in [0.29, 0.717) is 6.04 Å². The van der Waals surface area contributed by atoms with Crippen LogP contribution in [0.25, 0.3) is 17.1 Å². The van der Waals surface area contributed by atoms with Crippen LogP contribution in [0.3, 0.4) is 0 Å². The quantitative estimate of drug-likeness (QED) is 0.715. The van der Waals surface area contributed by atoms with Gasteiger partial charge in [0.1, 0.15) is 0 Å². The molecule has 0 bridgehead atoms. The molecule has 0 aliphatic carbocycles. The first-order valence-electron chi connectivity index (χ1n) is 8.07. The molecule has 1 aromatic heterocycles. The van der Waals surface area contributed by atoms with Gasteiger partial charge in [0, 0.05) is 35.8 Å². The van der Waals surface area contributed by atoms with Crippen molar-refractivity contribution in [3.05, 3.63) is 53.8 Å². The Morgan fingerprint density at radius 2 is 2.14 bits per heavy atom. The second-order valence-corrected chi connectivity index (χ2v) is 6.58. The van der Waals surface area contributed by atoms with Crippen molar-refractivity contribution in [2.24, 2.45) is 5.41 Å². The third-order valence-corrected chi connectivity index (χ3v) is 5.75. The monoisotopic (exact) mass is 276 g/mol. The Morgan fingerprint density at radius 1 is 1.24 bits per heavy atom. The number of fused-ring (bicyclic) bond motifs is 3. The molecule has 0 spiro atoms. The van der Waals surface area contributed by atoms with Gasteiger partial charge in [0.2, 0.25) is 0 Å². The molecule has 2 atom stereocenters. The van der Waals surface area contributed by atoms with Gasteiger partial charge in [0.05, 0.1) is 11.6 Å². The highest BCUT2D eigenvalue weighted by molar-refractivity contribution is 5.88. The van der Waals surface area contributed by atoms with Crippen LogP contribution in [0.1, 0.15) is 30.6 Å². The predicted molar refractivity (Wildman–Crippen MR) is 87.2 cm³/mol. The second kappa shape index (κ2) is 3.89. The Kier molecular flexibility index (Phi) is 2.19. The maximum absolute atomic E-state index is 2.67. The molecular weight excluding hydrogens is 256 g/mol. The molecule has 0 amide bonds. The molecule has 1 aromatic carbocycles. The summed E-state index contributed by atoms with van der Waals surface area (Å²) in [5, 5.41) is 1.46. The van der Waals surface area contributed by atoms with Gasteiger partial charge in [0.25, 0.3) is 0 Å². The van der Waals surface area contributed by atoms with Crippen LogP contribution in [0.4, 0.5) is 0 Å². The lowest BCUT2D eigenvalue weighted by Gasteiger charge is -2.50. The van der Waals surface area contributed by atoms with Gasteiger partial charge in [-0.25, -0.2) is 0 Å². The van der Waals surface area contributed by atoms with Crippen LogP contribution in [0.15, 0.2) is 42.5 Å². The third-order valence-electron chi connectivity index (χ3n) is 5.75. The van der Waals surface area contributed by atoms with E-state index in [1.165, 1.54) is 30.3 Å². The van der Waals surface area contributed by atoms with Gasteiger partial charge in [-0.05, 0) is 24.5 Å². The molecule has 2 aromatic rings. The zero-order valence-electron chi connectivity index (χ0n) is 12.4. The Labute approximate surface area is 125 Å². The van der Waals surface area contributed by atoms with Crippen LogP contribution in [0, 0.1) is 5.41 Å². The first-order chi connectivity index (χ1) is 10.3. The number of aromatic nitrogens is 1. The van der Waals surface area contributed by atoms with E-state index in [4.69, 9.17) is 0 Å². The van der Waals surface area contributed by atoms with E-state index >= 15 is 0 Å². The molecule has 3 aliphatic rings. The highest BCUT2D eigenvalue weighted by Crippen LogP contribution is 2.53. The molecule has 4 heterocycles. The number of benzene rings is 1. The minimum atomic E-state index is 0.192. The first-order valence-corrected chi connectivity index (χ1v) is 8.07. The summed E-state index contributed by atoms with van der Waals surface area (Å²) in [6.07, 6.45) is 11.9. The summed E-state index contributed by atoms with van der Waals surface area (Å²) in [5.74, 6) is 0. The van der Waals surface area contributed by atoms with Crippen molar-refractivity contribution in [1.29, 1.82) is 0 Å². The summed E-state index contributed by atoms with van der Waals surface area (Å²) in [7, 11) is 0. The van der Waals surface area contributed by atoms with E-state index in [9.17, 15) is 0 Å². The summed E-state index contributed by atoms with van der Waals surface area (Å²) in [5.41, 5.74) is 4.71. The van der Waals surface area contributed by atoms with Crippen LogP contribution in [-0.4, -0.2) is 22.6 Å². The minimum Gasteiger partial charge on any atom is -0.319 e. The standard InChI is InChI=1S/C19H20N2/c1-2-19-9-5-11-20-12-8-15-14-6-3-4-7-16(14)21(13-10-19)17(15)18(19)20/h3-7,9-10,13,18H,2,8,11-12H2,1H3. The van der Waals surface area contributed by atoms with Crippen molar-refractivity contribution in [2.45, 2.75) is 25.8 Å². The molecule has 21 heavy (non-hydrogen) atoms. The molecule has 3 aliphatic heterocycles. The van der Waals surface area contributed by atoms with Crippen molar-refractivity contribution >= 4 is 17.1 Å². The lowest BCUT2D eigenvalue weighted by atomic mass is 9.70. The molecule has 0 N–H and O–H groups in total. The third kappa shape index (κ3) is 1.32. The molecule has 106 valence electrons. The fraction of sp³-hybridized carbons (Fsp3) is 0.368. The summed E-state index contributed by atoms with van der Waals surface area (Å²) < 4.78 is 2.45. The van der Waals surface area contributed by atoms with E-state index < -0.39 is 0 Å². The predicted octanol–water partition coefficient (Wildman–Crippen LogP) is 3.99. The second-order valence-electron chi connectivity index (χ2n) is 6.58. The lowest BCUT2D eigenvalue weighted by molar-refractivity contribution is 0.103. The normalized spacial score (nSPS) is 29.9. The van der Waals surface area contributed by atoms with E-state index in [2.05, 4.69) is 65.1 Å². The topological polar surface area (TPSA) is 8.17 Å². The maximum Gasteiger partial charge on any atom is 0.0637 e. The van der Waals surface area contributed by atoms with E-state index in [0.717, 1.165) is 6.54 Å². The van der Waals surface area contributed by atoms with E-state index in [1.807, 2.05) is 0 Å². The molecule has 0 saturated carbocycles. The van der Waals surface area contributed by atoms with E-state index in [1.54, 1.807) is 11.3 Å². The van der Waals surface area contributed by atoms with Gasteiger partial charge in [0.15, 0.2) is 0 Å². The van der Waals surface area contributed by atoms with Gasteiger partial charge in [-0.2, -0.15) is 0 Å². The van der Waals surface area contributed by atoms with Crippen LogP contribution in [0.5, 0.6) is 0 Å². The molecule has 0 fully saturated rings. The fourth-order valence-electron chi connectivity index (χ4n) is 4.71. The van der Waals surface area contributed by atoms with Crippen LogP contribution in [-0.2, 0) is 6.42 Å². The number of para-hydroxylation sites is 1. The number of nitrogens with zero attached hydrogens (tertiary/aromatic N) is 2. The largest absolute Gasteiger partial charge is 0.319 e. The highest BCUT2D eigenvalue weighted by Gasteiger charge is 2.46. The minimum absolute atomic E-state index is 0.192. The van der Waals surface area contributed by atoms with Crippen molar-refractivity contribution in [2.75, 3.05) is 13.1 Å². The molecular formula is C19H20N2. The van der Waals surface area contributed by atoms with Gasteiger partial charge in [-0.3, -0.25) is 4.90 Å². The summed E-state index contributed by atoms with van der Waals surface area (Å²) in [6, 6.07) is 9.42. The SMILES string of the molecule is CCC12C=CCN3CCc4c(n(c5ccccc45)C=C1)C32. The van der Waals surface area contributed by atoms with Gasteiger partial charge in [-0.15, -0.1) is 0 Å². The highest BCUT2D eigenvalue weighted by atomic mass is 15.2. The van der Waals surface area contributed by atoms with Crippen molar-refractivity contribution in [3.8, 4) is 0 Å².